The van der Waals surface area contributed by atoms with Crippen LogP contribution in [0.2, 0.25) is 0 Å². The third-order valence-electron chi connectivity index (χ3n) is 9.96. The molecule has 11 nitrogen and oxygen atoms in total. The molecule has 7 rings (SSSR count). The monoisotopic (exact) mass is 772 g/mol. The number of anilines is 1. The van der Waals surface area contributed by atoms with Crippen molar-refractivity contribution in [1.82, 2.24) is 15.2 Å². The Morgan fingerprint density at radius 3 is 2.43 bits per heavy atom. The molecule has 0 bridgehead atoms. The number of likely N-dealkylation sites (tertiary alicyclic amines) is 1. The molecule has 1 fully saturated rings. The number of nitrogens with one attached hydrogen (secondary N) is 2. The van der Waals surface area contributed by atoms with Crippen LogP contribution in [0.4, 0.5) is 10.5 Å². The van der Waals surface area contributed by atoms with Gasteiger partial charge >= 0.3 is 12.1 Å². The highest BCUT2D eigenvalue weighted by molar-refractivity contribution is 7.13. The number of hydrogen-bond donors (Lipinski definition) is 3. The van der Waals surface area contributed by atoms with Gasteiger partial charge in [-0.3, -0.25) is 9.59 Å². The van der Waals surface area contributed by atoms with E-state index in [2.05, 4.69) is 15.6 Å². The lowest BCUT2D eigenvalue weighted by atomic mass is 9.93. The fraction of sp³-hybridized carbons (Fsp3) is 0.295. The highest BCUT2D eigenvalue weighted by atomic mass is 32.1. The summed E-state index contributed by atoms with van der Waals surface area (Å²) < 4.78 is 11.6. The van der Waals surface area contributed by atoms with Crippen molar-refractivity contribution in [2.75, 3.05) is 18.5 Å². The summed E-state index contributed by atoms with van der Waals surface area (Å²) >= 11 is 1.55. The van der Waals surface area contributed by atoms with Crippen molar-refractivity contribution >= 4 is 40.9 Å². The lowest BCUT2D eigenvalue weighted by Gasteiger charge is -2.25. The zero-order chi connectivity index (χ0) is 39.7. The minimum atomic E-state index is -1.33. The fourth-order valence-electron chi connectivity index (χ4n) is 7.49. The Morgan fingerprint density at radius 1 is 0.964 bits per heavy atom. The Labute approximate surface area is 329 Å². The largest absolute Gasteiger partial charge is 0.493 e. The molecule has 1 atom stereocenters. The number of amides is 3. The molecule has 0 radical (unpaired) electrons. The van der Waals surface area contributed by atoms with Crippen LogP contribution in [0.3, 0.4) is 0 Å². The lowest BCUT2D eigenvalue weighted by Crippen LogP contribution is -2.32. The molecule has 4 heterocycles. The maximum Gasteiger partial charge on any atom is 0.407 e. The lowest BCUT2D eigenvalue weighted by molar-refractivity contribution is 0.0522. The van der Waals surface area contributed by atoms with Crippen molar-refractivity contribution in [1.29, 1.82) is 0 Å². The van der Waals surface area contributed by atoms with Gasteiger partial charge < -0.3 is 30.1 Å². The van der Waals surface area contributed by atoms with Gasteiger partial charge in [-0.15, -0.1) is 11.3 Å². The summed E-state index contributed by atoms with van der Waals surface area (Å²) in [7, 11) is 0. The predicted octanol–water partition coefficient (Wildman–Crippen LogP) is 8.98. The number of alkyl carbamates (subject to hydrolysis) is 1. The van der Waals surface area contributed by atoms with Crippen LogP contribution in [0.15, 0.2) is 78.2 Å². The second-order valence-electron chi connectivity index (χ2n) is 15.1. The number of benzene rings is 3. The van der Waals surface area contributed by atoms with Crippen LogP contribution in [0.5, 0.6) is 5.75 Å². The van der Waals surface area contributed by atoms with Gasteiger partial charge in [0.05, 0.1) is 12.6 Å². The number of hydrogen-bond acceptors (Lipinski definition) is 8. The average molecular weight is 773 g/mol. The molecule has 0 spiro atoms. The normalized spacial score (nSPS) is 14.9. The first-order valence-electron chi connectivity index (χ1n) is 18.6. The van der Waals surface area contributed by atoms with Crippen molar-refractivity contribution in [3.63, 3.8) is 0 Å². The number of nitrogens with zero attached hydrogens (tertiary/aromatic N) is 2. The number of aromatic carboxylic acids is 1. The minimum Gasteiger partial charge on any atom is -0.493 e. The highest BCUT2D eigenvalue weighted by Gasteiger charge is 2.33. The van der Waals surface area contributed by atoms with Gasteiger partial charge in [0.1, 0.15) is 17.0 Å². The first-order chi connectivity index (χ1) is 26.8. The number of carboxylic acids is 1. The van der Waals surface area contributed by atoms with Crippen LogP contribution in [-0.4, -0.2) is 57.6 Å². The molecule has 1 saturated heterocycles. The Kier molecular flexibility index (Phi) is 10.7. The second kappa shape index (κ2) is 15.6. The van der Waals surface area contributed by atoms with E-state index in [1.807, 2.05) is 67.8 Å². The third-order valence-corrected chi connectivity index (χ3v) is 10.9. The molecule has 3 amide bonds. The molecular formula is C44H44N4O7S. The fourth-order valence-corrected chi connectivity index (χ4v) is 8.46. The van der Waals surface area contributed by atoms with Gasteiger partial charge in [0, 0.05) is 52.3 Å². The molecule has 0 unspecified atom stereocenters. The summed E-state index contributed by atoms with van der Waals surface area (Å²) in [6.07, 6.45) is 1.76. The quantitative estimate of drug-likeness (QED) is 0.142. The average Bonchev–Trinajstić information content (AvgIpc) is 3.81. The number of pyridine rings is 1. The smallest absolute Gasteiger partial charge is 0.407 e. The van der Waals surface area contributed by atoms with Gasteiger partial charge in [-0.1, -0.05) is 42.5 Å². The maximum atomic E-state index is 14.5. The van der Waals surface area contributed by atoms with E-state index in [1.165, 1.54) is 6.07 Å². The number of aromatic nitrogens is 1. The summed E-state index contributed by atoms with van der Waals surface area (Å²) in [4.78, 5) is 60.9. The Bertz CT molecular complexity index is 2320. The topological polar surface area (TPSA) is 147 Å². The van der Waals surface area contributed by atoms with Gasteiger partial charge in [-0.05, 0) is 111 Å². The van der Waals surface area contributed by atoms with Crippen molar-refractivity contribution < 1.29 is 33.8 Å². The number of carboxylic acid groups (broad SMARTS) is 1. The summed E-state index contributed by atoms with van der Waals surface area (Å²) in [6.45, 7) is 10.3. The minimum absolute atomic E-state index is 0.0155. The van der Waals surface area contributed by atoms with Gasteiger partial charge in [0.15, 0.2) is 5.69 Å². The standard InChI is InChI=1S/C44H44N4O7S/c1-25-20-27(24-45-43(53)55-44(3,4)5)21-26(2)37(25)47-40(49)32-22-33-36(54-18-15-29-16-19-56-39(29)33)23-31(32)30-13-14-34(46-38(30)42(51)52)41(50)48-17-9-12-35(48)28-10-7-6-8-11-28/h6-8,10-11,13-14,16,19-23,35H,9,12,15,17-18,24H2,1-5H3,(H,45,53)(H,47,49)(H,51,52)/t35-/m0/s1. The van der Waals surface area contributed by atoms with Gasteiger partial charge in [0.25, 0.3) is 11.8 Å². The predicted molar refractivity (Wildman–Crippen MR) is 216 cm³/mol. The second-order valence-corrected chi connectivity index (χ2v) is 16.1. The number of ether oxygens (including phenoxy) is 2. The molecule has 56 heavy (non-hydrogen) atoms. The number of aryl methyl sites for hydroxylation is 2. The zero-order valence-corrected chi connectivity index (χ0v) is 32.8. The van der Waals surface area contributed by atoms with E-state index in [9.17, 15) is 24.3 Å². The van der Waals surface area contributed by atoms with E-state index in [-0.39, 0.29) is 41.0 Å². The van der Waals surface area contributed by atoms with E-state index in [0.717, 1.165) is 51.1 Å². The number of carbonyl (C=O) groups excluding carboxylic acids is 3. The van der Waals surface area contributed by atoms with Crippen LogP contribution in [-0.2, 0) is 17.7 Å². The molecule has 12 heteroatoms. The van der Waals surface area contributed by atoms with Gasteiger partial charge in [0.2, 0.25) is 0 Å². The Hall–Kier alpha value is -6.01. The summed E-state index contributed by atoms with van der Waals surface area (Å²) in [5.41, 5.74) is 5.54. The molecular weight excluding hydrogens is 729 g/mol. The molecule has 3 N–H and O–H groups in total. The van der Waals surface area contributed by atoms with Crippen LogP contribution in [0.25, 0.3) is 21.6 Å². The van der Waals surface area contributed by atoms with E-state index < -0.39 is 23.6 Å². The number of fused-ring (bicyclic) bond motifs is 3. The molecule has 5 aromatic rings. The van der Waals surface area contributed by atoms with Gasteiger partial charge in [-0.2, -0.15) is 0 Å². The SMILES string of the molecule is Cc1cc(CNC(=O)OC(C)(C)C)cc(C)c1NC(=O)c1cc2c(cc1-c1ccc(C(=O)N3CCC[C@H]3c3ccccc3)nc1C(=O)O)OCCc1ccsc1-2. The zero-order valence-electron chi connectivity index (χ0n) is 32.0. The van der Waals surface area contributed by atoms with Crippen LogP contribution in [0, 0.1) is 13.8 Å². The number of rotatable bonds is 8. The van der Waals surface area contributed by atoms with Crippen molar-refractivity contribution in [2.24, 2.45) is 0 Å². The molecule has 3 aromatic carbocycles. The Morgan fingerprint density at radius 2 is 1.71 bits per heavy atom. The summed E-state index contributed by atoms with van der Waals surface area (Å²) in [5, 5.41) is 18.4. The van der Waals surface area contributed by atoms with E-state index >= 15 is 0 Å². The molecule has 2 aromatic heterocycles. The van der Waals surface area contributed by atoms with E-state index in [4.69, 9.17) is 9.47 Å². The maximum absolute atomic E-state index is 14.5. The van der Waals surface area contributed by atoms with E-state index in [0.29, 0.717) is 36.6 Å². The molecule has 0 saturated carbocycles. The number of carbonyl (C=O) groups is 4. The van der Waals surface area contributed by atoms with Crippen LogP contribution >= 0.6 is 11.3 Å². The van der Waals surface area contributed by atoms with Gasteiger partial charge in [-0.25, -0.2) is 14.6 Å². The highest BCUT2D eigenvalue weighted by Crippen LogP contribution is 2.44. The first-order valence-corrected chi connectivity index (χ1v) is 19.5. The molecule has 2 aliphatic heterocycles. The molecule has 2 aliphatic rings. The first kappa shape index (κ1) is 38.3. The molecule has 288 valence electrons. The Balaban J connectivity index is 1.25. The number of thiophene rings is 1. The van der Waals surface area contributed by atoms with Crippen LogP contribution in [0.1, 0.15) is 98.8 Å². The third kappa shape index (κ3) is 8.01. The summed E-state index contributed by atoms with van der Waals surface area (Å²) in [5.74, 6) is -1.63. The van der Waals surface area contributed by atoms with Crippen molar-refractivity contribution in [3.8, 4) is 27.3 Å². The van der Waals surface area contributed by atoms with E-state index in [1.54, 1.807) is 55.2 Å². The van der Waals surface area contributed by atoms with Crippen molar-refractivity contribution in [3.05, 3.63) is 123 Å². The van der Waals surface area contributed by atoms with Crippen LogP contribution < -0.4 is 15.4 Å². The van der Waals surface area contributed by atoms with Crippen molar-refractivity contribution in [2.45, 2.75) is 72.1 Å². The summed E-state index contributed by atoms with van der Waals surface area (Å²) in [6, 6.07) is 22.0. The molecule has 0 aliphatic carbocycles.